The molecule has 1 aromatic carbocycles. The van der Waals surface area contributed by atoms with Crippen molar-refractivity contribution in [3.05, 3.63) is 29.8 Å². The Kier molecular flexibility index (Phi) is 2.57. The molecule has 2 atom stereocenters. The van der Waals surface area contributed by atoms with Crippen molar-refractivity contribution in [2.24, 2.45) is 0 Å². The maximum atomic E-state index is 10.7. The molecule has 0 radical (unpaired) electrons. The molecule has 1 saturated heterocycles. The van der Waals surface area contributed by atoms with E-state index in [1.54, 1.807) is 18.2 Å². The third kappa shape index (κ3) is 1.93. The van der Waals surface area contributed by atoms with E-state index in [2.05, 4.69) is 10.9 Å². The van der Waals surface area contributed by atoms with Crippen molar-refractivity contribution >= 4 is 5.97 Å². The Hall–Kier alpha value is -1.59. The van der Waals surface area contributed by atoms with Crippen LogP contribution in [0, 0.1) is 0 Å². The van der Waals surface area contributed by atoms with Crippen molar-refractivity contribution in [3.8, 4) is 5.75 Å². The summed E-state index contributed by atoms with van der Waals surface area (Å²) in [6.45, 7) is 0. The first-order valence-electron chi connectivity index (χ1n) is 4.70. The standard InChI is InChI=1S/C10H12N2O3/c13-9-4-2-1-3-6(9)7-5-8(10(14)15)12-11-7/h1-4,7-8,11-13H,5H2,(H,14,15). The molecule has 1 fully saturated rings. The van der Waals surface area contributed by atoms with Gasteiger partial charge in [0.05, 0.1) is 6.04 Å². The smallest absolute Gasteiger partial charge is 0.322 e. The second-order valence-electron chi connectivity index (χ2n) is 3.53. The largest absolute Gasteiger partial charge is 0.508 e. The molecule has 0 bridgehead atoms. The number of carboxylic acid groups (broad SMARTS) is 1. The van der Waals surface area contributed by atoms with E-state index >= 15 is 0 Å². The van der Waals surface area contributed by atoms with Gasteiger partial charge < -0.3 is 10.2 Å². The minimum Gasteiger partial charge on any atom is -0.508 e. The van der Waals surface area contributed by atoms with Crippen LogP contribution in [-0.4, -0.2) is 22.2 Å². The normalized spacial score (nSPS) is 25.3. The van der Waals surface area contributed by atoms with Gasteiger partial charge in [-0.15, -0.1) is 0 Å². The van der Waals surface area contributed by atoms with Crippen molar-refractivity contribution in [1.29, 1.82) is 0 Å². The van der Waals surface area contributed by atoms with E-state index in [0.29, 0.717) is 12.0 Å². The summed E-state index contributed by atoms with van der Waals surface area (Å²) in [5.74, 6) is -0.705. The molecule has 4 N–H and O–H groups in total. The van der Waals surface area contributed by atoms with Crippen LogP contribution in [0.1, 0.15) is 18.0 Å². The van der Waals surface area contributed by atoms with Crippen LogP contribution in [0.25, 0.3) is 0 Å². The zero-order valence-corrected chi connectivity index (χ0v) is 7.97. The van der Waals surface area contributed by atoms with Gasteiger partial charge in [0, 0.05) is 5.56 Å². The predicted octanol–water partition coefficient (Wildman–Crippen LogP) is 0.384. The van der Waals surface area contributed by atoms with E-state index < -0.39 is 12.0 Å². The molecule has 2 rings (SSSR count). The highest BCUT2D eigenvalue weighted by Gasteiger charge is 2.30. The summed E-state index contributed by atoms with van der Waals surface area (Å²) in [5.41, 5.74) is 6.24. The number of benzene rings is 1. The summed E-state index contributed by atoms with van der Waals surface area (Å²) in [7, 11) is 0. The Morgan fingerprint density at radius 2 is 2.07 bits per heavy atom. The van der Waals surface area contributed by atoms with Crippen LogP contribution in [0.2, 0.25) is 0 Å². The number of phenols is 1. The van der Waals surface area contributed by atoms with Gasteiger partial charge in [0.1, 0.15) is 11.8 Å². The van der Waals surface area contributed by atoms with E-state index in [9.17, 15) is 9.90 Å². The Morgan fingerprint density at radius 3 is 2.67 bits per heavy atom. The molecule has 2 unspecified atom stereocenters. The lowest BCUT2D eigenvalue weighted by Crippen LogP contribution is -2.36. The lowest BCUT2D eigenvalue weighted by Gasteiger charge is -2.10. The van der Waals surface area contributed by atoms with Crippen molar-refractivity contribution in [1.82, 2.24) is 10.9 Å². The van der Waals surface area contributed by atoms with Crippen LogP contribution >= 0.6 is 0 Å². The van der Waals surface area contributed by atoms with Crippen LogP contribution in [0.3, 0.4) is 0 Å². The van der Waals surface area contributed by atoms with Gasteiger partial charge in [-0.3, -0.25) is 4.79 Å². The molecule has 1 aliphatic heterocycles. The minimum absolute atomic E-state index is 0.160. The van der Waals surface area contributed by atoms with Gasteiger partial charge in [0.15, 0.2) is 0 Å². The molecule has 1 aliphatic rings. The number of hydrogen-bond acceptors (Lipinski definition) is 4. The van der Waals surface area contributed by atoms with Crippen LogP contribution in [0.5, 0.6) is 5.75 Å². The van der Waals surface area contributed by atoms with Gasteiger partial charge >= 0.3 is 5.97 Å². The molecule has 0 saturated carbocycles. The Labute approximate surface area is 86.7 Å². The third-order valence-electron chi connectivity index (χ3n) is 2.51. The molecule has 80 valence electrons. The first-order chi connectivity index (χ1) is 7.18. The third-order valence-corrected chi connectivity index (χ3v) is 2.51. The SMILES string of the molecule is O=C(O)C1CC(c2ccccc2O)NN1. The Bertz CT molecular complexity index is 381. The number of carbonyl (C=O) groups is 1. The summed E-state index contributed by atoms with van der Waals surface area (Å²) < 4.78 is 0. The van der Waals surface area contributed by atoms with Crippen molar-refractivity contribution in [2.45, 2.75) is 18.5 Å². The maximum absolute atomic E-state index is 10.7. The lowest BCUT2D eigenvalue weighted by atomic mass is 10.0. The Balaban J connectivity index is 2.14. The predicted molar refractivity (Wildman–Crippen MR) is 53.2 cm³/mol. The van der Waals surface area contributed by atoms with Crippen molar-refractivity contribution in [3.63, 3.8) is 0 Å². The number of nitrogens with one attached hydrogen (secondary N) is 2. The fraction of sp³-hybridized carbons (Fsp3) is 0.300. The summed E-state index contributed by atoms with van der Waals surface area (Å²) >= 11 is 0. The fourth-order valence-corrected chi connectivity index (χ4v) is 1.70. The maximum Gasteiger partial charge on any atom is 0.322 e. The lowest BCUT2D eigenvalue weighted by molar-refractivity contribution is -0.139. The van der Waals surface area contributed by atoms with E-state index in [4.69, 9.17) is 5.11 Å². The number of aliphatic carboxylic acids is 1. The average Bonchev–Trinajstić information content (AvgIpc) is 2.67. The Morgan fingerprint density at radius 1 is 1.33 bits per heavy atom. The van der Waals surface area contributed by atoms with Crippen molar-refractivity contribution in [2.75, 3.05) is 0 Å². The van der Waals surface area contributed by atoms with Crippen LogP contribution in [-0.2, 0) is 4.79 Å². The highest BCUT2D eigenvalue weighted by molar-refractivity contribution is 5.73. The van der Waals surface area contributed by atoms with Gasteiger partial charge in [-0.05, 0) is 12.5 Å². The van der Waals surface area contributed by atoms with E-state index in [0.717, 1.165) is 0 Å². The average molecular weight is 208 g/mol. The summed E-state index contributed by atoms with van der Waals surface area (Å²) in [4.78, 5) is 10.7. The van der Waals surface area contributed by atoms with Crippen LogP contribution in [0.15, 0.2) is 24.3 Å². The monoisotopic (exact) mass is 208 g/mol. The number of hydrogen-bond donors (Lipinski definition) is 4. The van der Waals surface area contributed by atoms with Gasteiger partial charge in [-0.25, -0.2) is 10.9 Å². The van der Waals surface area contributed by atoms with Crippen LogP contribution in [0.4, 0.5) is 0 Å². The first-order valence-corrected chi connectivity index (χ1v) is 4.70. The second kappa shape index (κ2) is 3.88. The molecule has 0 spiro atoms. The van der Waals surface area contributed by atoms with Gasteiger partial charge in [0.2, 0.25) is 0 Å². The number of carboxylic acids is 1. The zero-order chi connectivity index (χ0) is 10.8. The van der Waals surface area contributed by atoms with E-state index in [1.165, 1.54) is 0 Å². The number of hydrazine groups is 1. The summed E-state index contributed by atoms with van der Waals surface area (Å²) in [5, 5.41) is 18.4. The molecular weight excluding hydrogens is 196 g/mol. The highest BCUT2D eigenvalue weighted by Crippen LogP contribution is 2.28. The molecule has 5 nitrogen and oxygen atoms in total. The quantitative estimate of drug-likeness (QED) is 0.565. The number of aromatic hydroxyl groups is 1. The molecule has 1 aromatic rings. The summed E-state index contributed by atoms with van der Waals surface area (Å²) in [6.07, 6.45) is 0.424. The zero-order valence-electron chi connectivity index (χ0n) is 7.97. The molecule has 0 aliphatic carbocycles. The molecule has 0 amide bonds. The highest BCUT2D eigenvalue weighted by atomic mass is 16.4. The van der Waals surface area contributed by atoms with E-state index in [-0.39, 0.29) is 11.8 Å². The minimum atomic E-state index is -0.888. The number of rotatable bonds is 2. The summed E-state index contributed by atoms with van der Waals surface area (Å²) in [6, 6.07) is 6.15. The van der Waals surface area contributed by atoms with Gasteiger partial charge in [-0.1, -0.05) is 18.2 Å². The fourth-order valence-electron chi connectivity index (χ4n) is 1.70. The second-order valence-corrected chi connectivity index (χ2v) is 3.53. The number of phenolic OH excluding ortho intramolecular Hbond substituents is 1. The topological polar surface area (TPSA) is 81.6 Å². The van der Waals surface area contributed by atoms with E-state index in [1.807, 2.05) is 6.07 Å². The molecule has 0 aromatic heterocycles. The molecule has 15 heavy (non-hydrogen) atoms. The molecular formula is C10H12N2O3. The van der Waals surface area contributed by atoms with Crippen molar-refractivity contribution < 1.29 is 15.0 Å². The van der Waals surface area contributed by atoms with Crippen LogP contribution < -0.4 is 10.9 Å². The number of para-hydroxylation sites is 1. The molecule has 1 heterocycles. The molecule has 5 heteroatoms. The first kappa shape index (κ1) is 9.95. The van der Waals surface area contributed by atoms with Gasteiger partial charge in [0.25, 0.3) is 0 Å². The van der Waals surface area contributed by atoms with Gasteiger partial charge in [-0.2, -0.15) is 0 Å².